The van der Waals surface area contributed by atoms with Crippen LogP contribution in [0.4, 0.5) is 5.69 Å². The maximum atomic E-state index is 12.7. The fourth-order valence-electron chi connectivity index (χ4n) is 3.48. The molecule has 0 saturated carbocycles. The van der Waals surface area contributed by atoms with Gasteiger partial charge in [-0.2, -0.15) is 0 Å². The molecule has 3 aromatic rings. The van der Waals surface area contributed by atoms with Crippen molar-refractivity contribution in [2.75, 3.05) is 43.4 Å². The lowest BCUT2D eigenvalue weighted by Gasteiger charge is -2.36. The molecule has 2 heterocycles. The first-order chi connectivity index (χ1) is 15.5. The molecule has 1 aromatic heterocycles. The monoisotopic (exact) mass is 456 g/mol. The average molecular weight is 457 g/mol. The van der Waals surface area contributed by atoms with E-state index in [1.165, 1.54) is 0 Å². The molecule has 168 valence electrons. The largest absolute Gasteiger partial charge is 0.494 e. The van der Waals surface area contributed by atoms with Crippen molar-refractivity contribution in [3.05, 3.63) is 54.6 Å². The van der Waals surface area contributed by atoms with E-state index in [1.807, 2.05) is 37.3 Å². The first kappa shape index (κ1) is 21.8. The number of piperazine rings is 1. The van der Waals surface area contributed by atoms with Gasteiger partial charge in [0.1, 0.15) is 11.5 Å². The molecule has 9 nitrogen and oxygen atoms in total. The highest BCUT2D eigenvalue weighted by molar-refractivity contribution is 7.91. The zero-order valence-corrected chi connectivity index (χ0v) is 18.5. The van der Waals surface area contributed by atoms with Crippen LogP contribution in [0.5, 0.6) is 5.75 Å². The van der Waals surface area contributed by atoms with Gasteiger partial charge in [-0.15, -0.1) is 5.10 Å². The van der Waals surface area contributed by atoms with Crippen molar-refractivity contribution >= 4 is 21.4 Å². The zero-order valence-electron chi connectivity index (χ0n) is 17.7. The molecule has 0 unspecified atom stereocenters. The summed E-state index contributed by atoms with van der Waals surface area (Å²) in [6.07, 6.45) is 0. The lowest BCUT2D eigenvalue weighted by molar-refractivity contribution is -0.128. The second-order valence-corrected chi connectivity index (χ2v) is 9.16. The van der Waals surface area contributed by atoms with Gasteiger partial charge >= 0.3 is 5.22 Å². The van der Waals surface area contributed by atoms with E-state index < -0.39 is 26.7 Å². The second kappa shape index (κ2) is 9.39. The summed E-state index contributed by atoms with van der Waals surface area (Å²) >= 11 is 0. The van der Waals surface area contributed by atoms with E-state index in [0.29, 0.717) is 44.1 Å². The molecule has 4 rings (SSSR count). The molecule has 0 bridgehead atoms. The van der Waals surface area contributed by atoms with Crippen molar-refractivity contribution in [1.82, 2.24) is 15.1 Å². The molecule has 1 amide bonds. The Kier molecular flexibility index (Phi) is 6.40. The molecule has 0 N–H and O–H groups in total. The Morgan fingerprint density at radius 1 is 1.00 bits per heavy atom. The fourth-order valence-corrected chi connectivity index (χ4v) is 4.48. The Morgan fingerprint density at radius 3 is 2.34 bits per heavy atom. The number of amides is 1. The number of benzene rings is 2. The highest BCUT2D eigenvalue weighted by atomic mass is 32.2. The van der Waals surface area contributed by atoms with Crippen molar-refractivity contribution in [2.45, 2.75) is 12.1 Å². The van der Waals surface area contributed by atoms with Gasteiger partial charge in [-0.3, -0.25) is 4.79 Å². The number of ether oxygens (including phenoxy) is 1. The van der Waals surface area contributed by atoms with E-state index in [2.05, 4.69) is 15.1 Å². The smallest absolute Gasteiger partial charge is 0.336 e. The molecule has 1 saturated heterocycles. The standard InChI is InChI=1S/C22H24N4O5S/c1-2-30-19-10-8-17(9-11-19)21-23-24-22(31-21)32(28,29)16-20(27)26-14-12-25(13-15-26)18-6-4-3-5-7-18/h3-11H,2,12-16H2,1H3. The number of hydrogen-bond donors (Lipinski definition) is 0. The van der Waals surface area contributed by atoms with Crippen LogP contribution in [0.1, 0.15) is 6.92 Å². The summed E-state index contributed by atoms with van der Waals surface area (Å²) < 4.78 is 36.1. The molecule has 2 aromatic carbocycles. The van der Waals surface area contributed by atoms with Gasteiger partial charge < -0.3 is 19.0 Å². The van der Waals surface area contributed by atoms with Gasteiger partial charge in [0.15, 0.2) is 0 Å². The van der Waals surface area contributed by atoms with Gasteiger partial charge in [-0.05, 0) is 43.3 Å². The van der Waals surface area contributed by atoms with E-state index in [1.54, 1.807) is 29.2 Å². The third-order valence-electron chi connectivity index (χ3n) is 5.15. The SMILES string of the molecule is CCOc1ccc(-c2nnc(S(=O)(=O)CC(=O)N3CCN(c4ccccc4)CC3)o2)cc1. The molecular formula is C22H24N4O5S. The maximum Gasteiger partial charge on any atom is 0.336 e. The molecule has 0 spiro atoms. The normalized spacial score (nSPS) is 14.4. The number of sulfone groups is 1. The number of carbonyl (C=O) groups is 1. The first-order valence-electron chi connectivity index (χ1n) is 10.3. The van der Waals surface area contributed by atoms with Crippen LogP contribution < -0.4 is 9.64 Å². The van der Waals surface area contributed by atoms with Crippen LogP contribution in [0.15, 0.2) is 64.2 Å². The quantitative estimate of drug-likeness (QED) is 0.533. The van der Waals surface area contributed by atoms with Crippen LogP contribution in [-0.2, 0) is 14.6 Å². The molecule has 0 aliphatic carbocycles. The number of anilines is 1. The Morgan fingerprint density at radius 2 is 1.69 bits per heavy atom. The predicted molar refractivity (Wildman–Crippen MR) is 118 cm³/mol. The molecule has 32 heavy (non-hydrogen) atoms. The summed E-state index contributed by atoms with van der Waals surface area (Å²) in [5.41, 5.74) is 1.64. The minimum Gasteiger partial charge on any atom is -0.494 e. The van der Waals surface area contributed by atoms with Crippen LogP contribution in [0.2, 0.25) is 0 Å². The van der Waals surface area contributed by atoms with E-state index in [-0.39, 0.29) is 5.89 Å². The number of rotatable bonds is 7. The minimum absolute atomic E-state index is 0.0653. The van der Waals surface area contributed by atoms with Gasteiger partial charge in [-0.1, -0.05) is 23.3 Å². The van der Waals surface area contributed by atoms with E-state index in [4.69, 9.17) is 9.15 Å². The summed E-state index contributed by atoms with van der Waals surface area (Å²) in [4.78, 5) is 16.4. The van der Waals surface area contributed by atoms with Crippen molar-refractivity contribution in [3.63, 3.8) is 0 Å². The summed E-state index contributed by atoms with van der Waals surface area (Å²) in [6.45, 7) is 4.59. The molecular weight excluding hydrogens is 432 g/mol. The average Bonchev–Trinajstić information content (AvgIpc) is 3.32. The third kappa shape index (κ3) is 4.91. The van der Waals surface area contributed by atoms with Crippen LogP contribution in [0.25, 0.3) is 11.5 Å². The Labute approximate surface area is 186 Å². The lowest BCUT2D eigenvalue weighted by atomic mass is 10.2. The topological polar surface area (TPSA) is 106 Å². The molecule has 1 aliphatic heterocycles. The number of para-hydroxylation sites is 1. The maximum absolute atomic E-state index is 12.7. The Hall–Kier alpha value is -3.40. The molecule has 1 aliphatic rings. The van der Waals surface area contributed by atoms with Gasteiger partial charge in [0, 0.05) is 37.4 Å². The first-order valence-corrected chi connectivity index (χ1v) is 12.0. The number of carbonyl (C=O) groups excluding carboxylic acids is 1. The lowest BCUT2D eigenvalue weighted by Crippen LogP contribution is -2.50. The predicted octanol–water partition coefficient (Wildman–Crippen LogP) is 2.26. The Balaban J connectivity index is 1.37. The van der Waals surface area contributed by atoms with Crippen LogP contribution in [0, 0.1) is 0 Å². The van der Waals surface area contributed by atoms with E-state index in [0.717, 1.165) is 5.69 Å². The van der Waals surface area contributed by atoms with Crippen molar-refractivity contribution in [3.8, 4) is 17.2 Å². The van der Waals surface area contributed by atoms with Gasteiger partial charge in [-0.25, -0.2) is 8.42 Å². The molecule has 10 heteroatoms. The molecule has 1 fully saturated rings. The highest BCUT2D eigenvalue weighted by Crippen LogP contribution is 2.23. The van der Waals surface area contributed by atoms with Gasteiger partial charge in [0.25, 0.3) is 0 Å². The van der Waals surface area contributed by atoms with E-state index >= 15 is 0 Å². The van der Waals surface area contributed by atoms with Crippen LogP contribution in [0.3, 0.4) is 0 Å². The number of nitrogens with zero attached hydrogens (tertiary/aromatic N) is 4. The fraction of sp³-hybridized carbons (Fsp3) is 0.318. The van der Waals surface area contributed by atoms with Crippen molar-refractivity contribution in [1.29, 1.82) is 0 Å². The van der Waals surface area contributed by atoms with Gasteiger partial charge in [0.05, 0.1) is 6.61 Å². The van der Waals surface area contributed by atoms with Crippen LogP contribution in [-0.4, -0.2) is 68.0 Å². The molecule has 0 radical (unpaired) electrons. The summed E-state index contributed by atoms with van der Waals surface area (Å²) in [6, 6.07) is 16.8. The highest BCUT2D eigenvalue weighted by Gasteiger charge is 2.30. The van der Waals surface area contributed by atoms with Crippen molar-refractivity contribution < 1.29 is 22.4 Å². The van der Waals surface area contributed by atoms with E-state index in [9.17, 15) is 13.2 Å². The number of aromatic nitrogens is 2. The number of hydrogen-bond acceptors (Lipinski definition) is 8. The summed E-state index contributed by atoms with van der Waals surface area (Å²) in [7, 11) is -4.05. The summed E-state index contributed by atoms with van der Waals surface area (Å²) in [5.74, 6) is -0.431. The second-order valence-electron chi connectivity index (χ2n) is 7.29. The van der Waals surface area contributed by atoms with Crippen molar-refractivity contribution in [2.24, 2.45) is 0 Å². The Bertz CT molecular complexity index is 1150. The van der Waals surface area contributed by atoms with Crippen LogP contribution >= 0.6 is 0 Å². The summed E-state index contributed by atoms with van der Waals surface area (Å²) in [5, 5.41) is 6.92. The zero-order chi connectivity index (χ0) is 22.6. The minimum atomic E-state index is -4.05. The van der Waals surface area contributed by atoms with Gasteiger partial charge in [0.2, 0.25) is 21.6 Å². The molecule has 0 atom stereocenters. The third-order valence-corrected chi connectivity index (χ3v) is 6.48.